The highest BCUT2D eigenvalue weighted by Crippen LogP contribution is 2.29. The summed E-state index contributed by atoms with van der Waals surface area (Å²) in [6, 6.07) is 17.2. The van der Waals surface area contributed by atoms with Gasteiger partial charge in [-0.25, -0.2) is 9.97 Å². The first-order valence-corrected chi connectivity index (χ1v) is 8.79. The molecule has 0 saturated heterocycles. The van der Waals surface area contributed by atoms with Gasteiger partial charge >= 0.3 is 0 Å². The highest BCUT2D eigenvalue weighted by molar-refractivity contribution is 7.80. The van der Waals surface area contributed by atoms with Crippen molar-refractivity contribution >= 4 is 34.1 Å². The zero-order chi connectivity index (χ0) is 18.6. The Hall–Kier alpha value is -3.45. The van der Waals surface area contributed by atoms with E-state index in [0.717, 1.165) is 28.1 Å². The van der Waals surface area contributed by atoms with Crippen LogP contribution in [0.25, 0.3) is 33.8 Å². The summed E-state index contributed by atoms with van der Waals surface area (Å²) in [5.41, 5.74) is 5.26. The van der Waals surface area contributed by atoms with Crippen molar-refractivity contribution in [1.29, 1.82) is 0 Å². The second kappa shape index (κ2) is 7.43. The zero-order valence-electron chi connectivity index (χ0n) is 14.5. The van der Waals surface area contributed by atoms with E-state index < -0.39 is 0 Å². The van der Waals surface area contributed by atoms with Gasteiger partial charge in [-0.05, 0) is 54.7 Å². The Labute approximate surface area is 161 Å². The van der Waals surface area contributed by atoms with E-state index in [1.807, 2.05) is 54.6 Å². The van der Waals surface area contributed by atoms with E-state index in [-0.39, 0.29) is 0 Å². The monoisotopic (exact) mass is 372 g/mol. The summed E-state index contributed by atoms with van der Waals surface area (Å²) in [6.07, 6.45) is 3.49. The largest absolute Gasteiger partial charge is 0.366 e. The number of benzene rings is 1. The van der Waals surface area contributed by atoms with E-state index in [1.54, 1.807) is 19.4 Å². The summed E-state index contributed by atoms with van der Waals surface area (Å²) in [7, 11) is 1.77. The molecule has 4 rings (SSSR count). The van der Waals surface area contributed by atoms with Gasteiger partial charge in [-0.1, -0.05) is 12.1 Å². The summed E-state index contributed by atoms with van der Waals surface area (Å²) in [5.74, 6) is 0. The highest BCUT2D eigenvalue weighted by Gasteiger charge is 2.15. The number of anilines is 1. The van der Waals surface area contributed by atoms with Gasteiger partial charge in [0.25, 0.3) is 0 Å². The average Bonchev–Trinajstić information content (AvgIpc) is 2.74. The van der Waals surface area contributed by atoms with Crippen LogP contribution in [0.2, 0.25) is 0 Å². The van der Waals surface area contributed by atoms with Gasteiger partial charge < -0.3 is 10.6 Å². The van der Waals surface area contributed by atoms with Crippen molar-refractivity contribution in [3.05, 3.63) is 67.0 Å². The van der Waals surface area contributed by atoms with Crippen molar-refractivity contribution in [1.82, 2.24) is 25.3 Å². The van der Waals surface area contributed by atoms with Crippen LogP contribution in [0.1, 0.15) is 0 Å². The molecule has 6 nitrogen and oxygen atoms in total. The SMILES string of the molecule is CNC(=S)Nc1ccc2nc(-c3ccccn3)c(-c3ccccn3)nc2c1. The van der Waals surface area contributed by atoms with Gasteiger partial charge in [0, 0.05) is 25.1 Å². The summed E-state index contributed by atoms with van der Waals surface area (Å²) >= 11 is 5.17. The number of fused-ring (bicyclic) bond motifs is 1. The molecule has 0 amide bonds. The molecule has 3 aromatic heterocycles. The number of thiocarbonyl (C=S) groups is 1. The smallest absolute Gasteiger partial charge is 0.170 e. The van der Waals surface area contributed by atoms with Gasteiger partial charge in [-0.3, -0.25) is 9.97 Å². The van der Waals surface area contributed by atoms with Crippen molar-refractivity contribution in [2.75, 3.05) is 12.4 Å². The number of nitrogens with one attached hydrogen (secondary N) is 2. The molecule has 0 aliphatic heterocycles. The number of aromatic nitrogens is 4. The molecule has 3 heterocycles. The van der Waals surface area contributed by atoms with Crippen LogP contribution in [0.5, 0.6) is 0 Å². The Morgan fingerprint density at radius 1 is 0.815 bits per heavy atom. The third kappa shape index (κ3) is 3.58. The molecule has 0 atom stereocenters. The average molecular weight is 372 g/mol. The van der Waals surface area contributed by atoms with Crippen molar-refractivity contribution in [2.45, 2.75) is 0 Å². The molecule has 0 saturated carbocycles. The highest BCUT2D eigenvalue weighted by atomic mass is 32.1. The van der Waals surface area contributed by atoms with E-state index in [2.05, 4.69) is 20.6 Å². The van der Waals surface area contributed by atoms with E-state index in [1.165, 1.54) is 0 Å². The van der Waals surface area contributed by atoms with Crippen LogP contribution in [-0.4, -0.2) is 32.1 Å². The van der Waals surface area contributed by atoms with Crippen LogP contribution < -0.4 is 10.6 Å². The molecule has 0 radical (unpaired) electrons. The Kier molecular flexibility index (Phi) is 4.67. The van der Waals surface area contributed by atoms with Crippen molar-refractivity contribution < 1.29 is 0 Å². The maximum atomic E-state index is 5.17. The number of rotatable bonds is 3. The fourth-order valence-electron chi connectivity index (χ4n) is 2.69. The predicted octanol–water partition coefficient (Wildman–Crippen LogP) is 3.67. The summed E-state index contributed by atoms with van der Waals surface area (Å²) in [6.45, 7) is 0. The first-order valence-electron chi connectivity index (χ1n) is 8.38. The quantitative estimate of drug-likeness (QED) is 0.531. The molecule has 2 N–H and O–H groups in total. The van der Waals surface area contributed by atoms with Gasteiger partial charge in [0.2, 0.25) is 0 Å². The molecule has 0 unspecified atom stereocenters. The molecule has 0 fully saturated rings. The topological polar surface area (TPSA) is 75.6 Å². The molecule has 132 valence electrons. The van der Waals surface area contributed by atoms with Gasteiger partial charge in [-0.2, -0.15) is 0 Å². The van der Waals surface area contributed by atoms with Crippen LogP contribution in [0.4, 0.5) is 5.69 Å². The Balaban J connectivity index is 1.91. The Bertz CT molecular complexity index is 1100. The Morgan fingerprint density at radius 3 is 2.00 bits per heavy atom. The number of hydrogen-bond acceptors (Lipinski definition) is 5. The normalized spacial score (nSPS) is 10.6. The third-order valence-electron chi connectivity index (χ3n) is 3.96. The summed E-state index contributed by atoms with van der Waals surface area (Å²) in [4.78, 5) is 18.6. The molecule has 0 aliphatic rings. The van der Waals surface area contributed by atoms with E-state index in [0.29, 0.717) is 16.5 Å². The summed E-state index contributed by atoms with van der Waals surface area (Å²) in [5, 5.41) is 6.55. The molecule has 0 spiro atoms. The lowest BCUT2D eigenvalue weighted by Gasteiger charge is -2.11. The number of hydrogen-bond donors (Lipinski definition) is 2. The lowest BCUT2D eigenvalue weighted by molar-refractivity contribution is 1.19. The fourth-order valence-corrected chi connectivity index (χ4v) is 2.81. The molecule has 1 aromatic carbocycles. The number of pyridine rings is 2. The standard InChI is InChI=1S/C20H16N6S/c1-21-20(27)24-13-8-9-14-17(12-13)26-19(16-7-3-5-11-23-16)18(25-14)15-6-2-4-10-22-15/h2-12H,1H3,(H2,21,24,27). The van der Waals surface area contributed by atoms with Gasteiger partial charge in [0.15, 0.2) is 5.11 Å². The van der Waals surface area contributed by atoms with Crippen molar-refractivity contribution in [2.24, 2.45) is 0 Å². The minimum absolute atomic E-state index is 0.539. The number of nitrogens with zero attached hydrogens (tertiary/aromatic N) is 4. The van der Waals surface area contributed by atoms with Crippen molar-refractivity contribution in [3.63, 3.8) is 0 Å². The van der Waals surface area contributed by atoms with E-state index in [4.69, 9.17) is 22.2 Å². The third-order valence-corrected chi connectivity index (χ3v) is 4.27. The van der Waals surface area contributed by atoms with Gasteiger partial charge in [0.1, 0.15) is 11.4 Å². The lowest BCUT2D eigenvalue weighted by atomic mass is 10.1. The summed E-state index contributed by atoms with van der Waals surface area (Å²) < 4.78 is 0. The maximum Gasteiger partial charge on any atom is 0.170 e. The first-order chi connectivity index (χ1) is 13.2. The van der Waals surface area contributed by atoms with Gasteiger partial charge in [0.05, 0.1) is 22.4 Å². The maximum absolute atomic E-state index is 5.17. The Morgan fingerprint density at radius 2 is 1.44 bits per heavy atom. The molecule has 0 bridgehead atoms. The van der Waals surface area contributed by atoms with Gasteiger partial charge in [-0.15, -0.1) is 0 Å². The van der Waals surface area contributed by atoms with Crippen LogP contribution in [0.3, 0.4) is 0 Å². The van der Waals surface area contributed by atoms with E-state index >= 15 is 0 Å². The van der Waals surface area contributed by atoms with Crippen molar-refractivity contribution in [3.8, 4) is 22.8 Å². The van der Waals surface area contributed by atoms with Crippen LogP contribution in [-0.2, 0) is 0 Å². The second-order valence-electron chi connectivity index (χ2n) is 5.76. The van der Waals surface area contributed by atoms with Crippen LogP contribution in [0.15, 0.2) is 67.0 Å². The minimum Gasteiger partial charge on any atom is -0.366 e. The van der Waals surface area contributed by atoms with Crippen LogP contribution in [0, 0.1) is 0 Å². The molecular weight excluding hydrogens is 356 g/mol. The molecule has 0 aliphatic carbocycles. The fraction of sp³-hybridized carbons (Fsp3) is 0.0500. The van der Waals surface area contributed by atoms with Crippen LogP contribution >= 0.6 is 12.2 Å². The molecule has 27 heavy (non-hydrogen) atoms. The molecule has 4 aromatic rings. The minimum atomic E-state index is 0.539. The molecular formula is C20H16N6S. The molecule has 7 heteroatoms. The second-order valence-corrected chi connectivity index (χ2v) is 6.17. The van der Waals surface area contributed by atoms with E-state index in [9.17, 15) is 0 Å². The zero-order valence-corrected chi connectivity index (χ0v) is 15.4. The predicted molar refractivity (Wildman–Crippen MR) is 111 cm³/mol. The first kappa shape index (κ1) is 17.0. The lowest BCUT2D eigenvalue weighted by Crippen LogP contribution is -2.24.